The summed E-state index contributed by atoms with van der Waals surface area (Å²) in [5.74, 6) is 0. The maximum absolute atomic E-state index is 12.1. The highest BCUT2D eigenvalue weighted by Gasteiger charge is 2.21. The van der Waals surface area contributed by atoms with E-state index in [4.69, 9.17) is 0 Å². The topological polar surface area (TPSA) is 40.6 Å². The van der Waals surface area contributed by atoms with E-state index in [0.717, 1.165) is 31.5 Å². The third kappa shape index (κ3) is 2.24. The van der Waals surface area contributed by atoms with Crippen molar-refractivity contribution in [2.75, 3.05) is 32.1 Å². The molecule has 0 saturated heterocycles. The summed E-state index contributed by atoms with van der Waals surface area (Å²) >= 11 is 0. The van der Waals surface area contributed by atoms with E-state index >= 15 is 0 Å². The lowest BCUT2D eigenvalue weighted by molar-refractivity contribution is 0.520. The van der Waals surface area contributed by atoms with Crippen molar-refractivity contribution >= 4 is 15.7 Å². The van der Waals surface area contributed by atoms with Crippen LogP contribution in [0.25, 0.3) is 0 Å². The standard InChI is InChI=1S/C13H20N2O2S/c1-4-15-9-5-6-11-10-12(7-8-13(11)15)18(16,17)14(2)3/h7-8,10H,4-6,9H2,1-3H3. The van der Waals surface area contributed by atoms with Crippen LogP contribution >= 0.6 is 0 Å². The number of anilines is 1. The minimum atomic E-state index is -3.32. The number of hydrogen-bond donors (Lipinski definition) is 0. The van der Waals surface area contributed by atoms with E-state index in [9.17, 15) is 8.42 Å². The zero-order valence-corrected chi connectivity index (χ0v) is 12.0. The van der Waals surface area contributed by atoms with Crippen LogP contribution in [0.2, 0.25) is 0 Å². The van der Waals surface area contributed by atoms with Gasteiger partial charge in [-0.15, -0.1) is 0 Å². The van der Waals surface area contributed by atoms with Crippen molar-refractivity contribution in [3.63, 3.8) is 0 Å². The smallest absolute Gasteiger partial charge is 0.242 e. The fourth-order valence-corrected chi connectivity index (χ4v) is 3.30. The highest BCUT2D eigenvalue weighted by Crippen LogP contribution is 2.29. The molecule has 1 heterocycles. The summed E-state index contributed by atoms with van der Waals surface area (Å²) in [6.07, 6.45) is 2.05. The maximum Gasteiger partial charge on any atom is 0.242 e. The van der Waals surface area contributed by atoms with Gasteiger partial charge in [0.25, 0.3) is 0 Å². The van der Waals surface area contributed by atoms with Crippen molar-refractivity contribution in [3.05, 3.63) is 23.8 Å². The fraction of sp³-hybridized carbons (Fsp3) is 0.538. The number of benzene rings is 1. The Kier molecular flexibility index (Phi) is 3.64. The SMILES string of the molecule is CCN1CCCc2cc(S(=O)(=O)N(C)C)ccc21. The van der Waals surface area contributed by atoms with Crippen molar-refractivity contribution in [2.45, 2.75) is 24.7 Å². The van der Waals surface area contributed by atoms with Gasteiger partial charge in [0.05, 0.1) is 4.90 Å². The second-order valence-electron chi connectivity index (χ2n) is 4.76. The molecule has 0 amide bonds. The summed E-state index contributed by atoms with van der Waals surface area (Å²) in [6, 6.07) is 5.48. The zero-order valence-electron chi connectivity index (χ0n) is 11.2. The van der Waals surface area contributed by atoms with Gasteiger partial charge in [0.15, 0.2) is 0 Å². The van der Waals surface area contributed by atoms with Gasteiger partial charge in [0, 0.05) is 32.9 Å². The molecule has 0 saturated carbocycles. The molecule has 2 rings (SSSR count). The summed E-state index contributed by atoms with van der Waals surface area (Å²) in [5, 5.41) is 0. The Balaban J connectivity index is 2.45. The Hall–Kier alpha value is -1.07. The molecule has 0 atom stereocenters. The quantitative estimate of drug-likeness (QED) is 0.838. The lowest BCUT2D eigenvalue weighted by atomic mass is 10.0. The van der Waals surface area contributed by atoms with E-state index in [1.807, 2.05) is 12.1 Å². The predicted molar refractivity (Wildman–Crippen MR) is 73.5 cm³/mol. The second kappa shape index (κ2) is 4.90. The Morgan fingerprint density at radius 3 is 2.67 bits per heavy atom. The molecule has 1 aromatic rings. The average Bonchev–Trinajstić information content (AvgIpc) is 2.37. The highest BCUT2D eigenvalue weighted by atomic mass is 32.2. The Morgan fingerprint density at radius 2 is 2.06 bits per heavy atom. The Bertz CT molecular complexity index is 538. The molecule has 1 aliphatic rings. The minimum Gasteiger partial charge on any atom is -0.372 e. The first kappa shape index (κ1) is 13.4. The first-order chi connectivity index (χ1) is 8.46. The molecule has 0 spiro atoms. The van der Waals surface area contributed by atoms with Crippen LogP contribution < -0.4 is 4.90 Å². The van der Waals surface area contributed by atoms with Gasteiger partial charge in [-0.1, -0.05) is 0 Å². The fourth-order valence-electron chi connectivity index (χ4n) is 2.35. The molecule has 5 heteroatoms. The molecule has 1 aliphatic heterocycles. The Labute approximate surface area is 109 Å². The lowest BCUT2D eigenvalue weighted by Gasteiger charge is -2.30. The van der Waals surface area contributed by atoms with Gasteiger partial charge in [-0.2, -0.15) is 0 Å². The van der Waals surface area contributed by atoms with Crippen LogP contribution in [0.5, 0.6) is 0 Å². The third-order valence-corrected chi connectivity index (χ3v) is 5.24. The summed E-state index contributed by atoms with van der Waals surface area (Å²) in [6.45, 7) is 4.15. The van der Waals surface area contributed by atoms with E-state index < -0.39 is 10.0 Å². The van der Waals surface area contributed by atoms with E-state index in [0.29, 0.717) is 4.90 Å². The van der Waals surface area contributed by atoms with Crippen molar-refractivity contribution in [1.82, 2.24) is 4.31 Å². The van der Waals surface area contributed by atoms with Gasteiger partial charge in [-0.05, 0) is 43.5 Å². The van der Waals surface area contributed by atoms with Gasteiger partial charge in [-0.25, -0.2) is 12.7 Å². The van der Waals surface area contributed by atoms with Crippen LogP contribution in [0, 0.1) is 0 Å². The van der Waals surface area contributed by atoms with Crippen LogP contribution in [0.1, 0.15) is 18.9 Å². The normalized spacial score (nSPS) is 15.9. The van der Waals surface area contributed by atoms with Crippen LogP contribution in [0.3, 0.4) is 0 Å². The van der Waals surface area contributed by atoms with Crippen molar-refractivity contribution in [1.29, 1.82) is 0 Å². The van der Waals surface area contributed by atoms with E-state index in [1.165, 1.54) is 9.99 Å². The number of fused-ring (bicyclic) bond motifs is 1. The van der Waals surface area contributed by atoms with Crippen molar-refractivity contribution < 1.29 is 8.42 Å². The molecule has 100 valence electrons. The van der Waals surface area contributed by atoms with Gasteiger partial charge < -0.3 is 4.90 Å². The number of nitrogens with zero attached hydrogens (tertiary/aromatic N) is 2. The molecule has 0 aliphatic carbocycles. The number of sulfonamides is 1. The zero-order chi connectivity index (χ0) is 13.3. The molecular formula is C13H20N2O2S. The molecule has 0 aromatic heterocycles. The third-order valence-electron chi connectivity index (χ3n) is 3.43. The number of hydrogen-bond acceptors (Lipinski definition) is 3. The van der Waals surface area contributed by atoms with Crippen LogP contribution in [0.4, 0.5) is 5.69 Å². The molecule has 0 N–H and O–H groups in total. The summed E-state index contributed by atoms with van der Waals surface area (Å²) < 4.78 is 25.4. The second-order valence-corrected chi connectivity index (χ2v) is 6.91. The van der Waals surface area contributed by atoms with Crippen LogP contribution in [0.15, 0.2) is 23.1 Å². The summed E-state index contributed by atoms with van der Waals surface area (Å²) in [7, 11) is -0.195. The molecule has 0 bridgehead atoms. The van der Waals surface area contributed by atoms with Gasteiger partial charge in [-0.3, -0.25) is 0 Å². The van der Waals surface area contributed by atoms with Gasteiger partial charge in [0.1, 0.15) is 0 Å². The predicted octanol–water partition coefficient (Wildman–Crippen LogP) is 1.71. The molecule has 0 fully saturated rings. The molecule has 0 radical (unpaired) electrons. The first-order valence-corrected chi connectivity index (χ1v) is 7.71. The van der Waals surface area contributed by atoms with E-state index in [1.54, 1.807) is 20.2 Å². The monoisotopic (exact) mass is 268 g/mol. The molecule has 4 nitrogen and oxygen atoms in total. The van der Waals surface area contributed by atoms with E-state index in [2.05, 4.69) is 11.8 Å². The summed E-state index contributed by atoms with van der Waals surface area (Å²) in [5.41, 5.74) is 2.33. The number of aryl methyl sites for hydroxylation is 1. The van der Waals surface area contributed by atoms with Gasteiger partial charge in [0.2, 0.25) is 10.0 Å². The van der Waals surface area contributed by atoms with Crippen LogP contribution in [-0.4, -0.2) is 39.9 Å². The molecule has 18 heavy (non-hydrogen) atoms. The maximum atomic E-state index is 12.1. The van der Waals surface area contributed by atoms with Crippen molar-refractivity contribution in [3.8, 4) is 0 Å². The van der Waals surface area contributed by atoms with Crippen LogP contribution in [-0.2, 0) is 16.4 Å². The van der Waals surface area contributed by atoms with Crippen molar-refractivity contribution in [2.24, 2.45) is 0 Å². The number of rotatable bonds is 3. The van der Waals surface area contributed by atoms with E-state index in [-0.39, 0.29) is 0 Å². The summed E-state index contributed by atoms with van der Waals surface area (Å²) in [4.78, 5) is 2.69. The first-order valence-electron chi connectivity index (χ1n) is 6.27. The molecular weight excluding hydrogens is 248 g/mol. The largest absolute Gasteiger partial charge is 0.372 e. The highest BCUT2D eigenvalue weighted by molar-refractivity contribution is 7.89. The molecule has 1 aromatic carbocycles. The minimum absolute atomic E-state index is 0.393. The lowest BCUT2D eigenvalue weighted by Crippen LogP contribution is -2.29. The van der Waals surface area contributed by atoms with Gasteiger partial charge >= 0.3 is 0 Å². The Morgan fingerprint density at radius 1 is 1.33 bits per heavy atom. The average molecular weight is 268 g/mol. The molecule has 0 unspecified atom stereocenters.